The van der Waals surface area contributed by atoms with Crippen molar-refractivity contribution in [3.63, 3.8) is 0 Å². The molecule has 1 aliphatic heterocycles. The Labute approximate surface area is 258 Å². The molecule has 0 radical (unpaired) electrons. The Bertz CT molecular complexity index is 1760. The summed E-state index contributed by atoms with van der Waals surface area (Å²) in [5.41, 5.74) is 10.3. The summed E-state index contributed by atoms with van der Waals surface area (Å²) in [6, 6.07) is 43.3. The quantitative estimate of drug-likeness (QED) is 0.163. The minimum Gasteiger partial charge on any atom is -0.384 e. The van der Waals surface area contributed by atoms with Crippen LogP contribution in [0.5, 0.6) is 0 Å². The highest BCUT2D eigenvalue weighted by Crippen LogP contribution is 2.54. The molecule has 214 valence electrons. The summed E-state index contributed by atoms with van der Waals surface area (Å²) in [5.74, 6) is 0. The molecule has 5 aromatic carbocycles. The van der Waals surface area contributed by atoms with E-state index in [0.29, 0.717) is 0 Å². The minimum absolute atomic E-state index is 0.944. The minimum atomic E-state index is 0.944. The molecule has 1 aromatic heterocycles. The molecular formula is C38H36N4S. The molecule has 43 heavy (non-hydrogen) atoms. The van der Waals surface area contributed by atoms with Crippen molar-refractivity contribution in [2.24, 2.45) is 0 Å². The maximum atomic E-state index is 5.03. The number of fused-ring (bicyclic) bond motifs is 3. The van der Waals surface area contributed by atoms with Gasteiger partial charge in [0.05, 0.1) is 33.0 Å². The molecule has 0 saturated carbocycles. The van der Waals surface area contributed by atoms with E-state index in [-0.39, 0.29) is 0 Å². The Morgan fingerprint density at radius 3 is 1.88 bits per heavy atom. The number of rotatable bonds is 10. The molecule has 0 atom stereocenters. The third-order valence-corrected chi connectivity index (χ3v) is 9.19. The molecule has 0 fully saturated rings. The van der Waals surface area contributed by atoms with Crippen LogP contribution in [-0.4, -0.2) is 11.5 Å². The largest absolute Gasteiger partial charge is 0.384 e. The van der Waals surface area contributed by atoms with E-state index in [9.17, 15) is 0 Å². The predicted molar refractivity (Wildman–Crippen MR) is 185 cm³/mol. The fourth-order valence-corrected chi connectivity index (χ4v) is 7.03. The standard InChI is InChI=1S/C38H36N4S/c1-2-3-4-5-15-26-39-32-27-29(24-25-30(32)38-40-31-18-9-14-23-37(31)43-38)42-35-21-12-10-19-33(35)41(28-16-7-6-8-17-28)34-20-11-13-22-36(34)42/h6-14,16-25,27,39H,2-5,15,26H2,1H3. The first kappa shape index (κ1) is 27.2. The molecule has 0 aliphatic carbocycles. The number of hydrogen-bond acceptors (Lipinski definition) is 5. The molecule has 7 rings (SSSR count). The molecule has 0 spiro atoms. The lowest BCUT2D eigenvalue weighted by Crippen LogP contribution is -2.24. The number of benzene rings is 5. The lowest BCUT2D eigenvalue weighted by atomic mass is 10.0. The summed E-state index contributed by atoms with van der Waals surface area (Å²) in [6.45, 7) is 3.21. The Kier molecular flexibility index (Phi) is 7.80. The molecule has 6 aromatic rings. The Morgan fingerprint density at radius 1 is 0.605 bits per heavy atom. The number of unbranched alkanes of at least 4 members (excludes halogenated alkanes) is 4. The van der Waals surface area contributed by atoms with Gasteiger partial charge in [-0.3, -0.25) is 0 Å². The van der Waals surface area contributed by atoms with Crippen LogP contribution in [0.25, 0.3) is 20.8 Å². The van der Waals surface area contributed by atoms with Gasteiger partial charge < -0.3 is 15.1 Å². The molecule has 1 N–H and O–H groups in total. The highest BCUT2D eigenvalue weighted by Gasteiger charge is 2.30. The number of aromatic nitrogens is 1. The molecule has 0 saturated heterocycles. The molecule has 2 heterocycles. The maximum Gasteiger partial charge on any atom is 0.126 e. The number of thiazole rings is 1. The Hall–Kier alpha value is -4.61. The van der Waals surface area contributed by atoms with Crippen molar-refractivity contribution < 1.29 is 0 Å². The van der Waals surface area contributed by atoms with Crippen LogP contribution in [0.15, 0.2) is 121 Å². The van der Waals surface area contributed by atoms with Crippen molar-refractivity contribution >= 4 is 61.4 Å². The second kappa shape index (κ2) is 12.3. The first-order valence-corrected chi connectivity index (χ1v) is 16.2. The SMILES string of the molecule is CCCCCCCNc1cc(N2c3ccccc3N(c3ccccc3)c3ccccc32)ccc1-c1nc2ccccc2s1. The summed E-state index contributed by atoms with van der Waals surface area (Å²) in [6.07, 6.45) is 6.27. The molecule has 4 nitrogen and oxygen atoms in total. The zero-order chi connectivity index (χ0) is 29.0. The zero-order valence-corrected chi connectivity index (χ0v) is 25.4. The highest BCUT2D eigenvalue weighted by molar-refractivity contribution is 7.21. The first-order valence-electron chi connectivity index (χ1n) is 15.4. The van der Waals surface area contributed by atoms with Gasteiger partial charge in [-0.1, -0.05) is 87.2 Å². The summed E-state index contributed by atoms with van der Waals surface area (Å²) in [4.78, 5) is 9.80. The van der Waals surface area contributed by atoms with E-state index in [0.717, 1.165) is 68.9 Å². The van der Waals surface area contributed by atoms with Crippen LogP contribution in [0.2, 0.25) is 0 Å². The van der Waals surface area contributed by atoms with Crippen molar-refractivity contribution in [1.82, 2.24) is 4.98 Å². The van der Waals surface area contributed by atoms with E-state index in [2.05, 4.69) is 143 Å². The summed E-state index contributed by atoms with van der Waals surface area (Å²) in [5, 5.41) is 4.88. The average molecular weight is 581 g/mol. The van der Waals surface area contributed by atoms with Gasteiger partial charge in [0.1, 0.15) is 5.01 Å². The number of nitrogens with one attached hydrogen (secondary N) is 1. The zero-order valence-electron chi connectivity index (χ0n) is 24.5. The highest BCUT2D eigenvalue weighted by atomic mass is 32.1. The van der Waals surface area contributed by atoms with Crippen LogP contribution < -0.4 is 15.1 Å². The normalized spacial score (nSPS) is 12.3. The van der Waals surface area contributed by atoms with Gasteiger partial charge >= 0.3 is 0 Å². The van der Waals surface area contributed by atoms with Gasteiger partial charge in [-0.15, -0.1) is 11.3 Å². The third-order valence-electron chi connectivity index (χ3n) is 8.12. The van der Waals surface area contributed by atoms with Gasteiger partial charge in [0.15, 0.2) is 0 Å². The van der Waals surface area contributed by atoms with Crippen molar-refractivity contribution in [2.45, 2.75) is 39.0 Å². The van der Waals surface area contributed by atoms with Crippen molar-refractivity contribution in [3.8, 4) is 10.6 Å². The smallest absolute Gasteiger partial charge is 0.126 e. The lowest BCUT2D eigenvalue weighted by molar-refractivity contribution is 0.645. The second-order valence-electron chi connectivity index (χ2n) is 11.0. The first-order chi connectivity index (χ1) is 21.3. The summed E-state index contributed by atoms with van der Waals surface area (Å²) < 4.78 is 1.21. The average Bonchev–Trinajstić information content (AvgIpc) is 3.50. The fourth-order valence-electron chi connectivity index (χ4n) is 6.02. The molecule has 0 amide bonds. The number of hydrogen-bond donors (Lipinski definition) is 1. The maximum absolute atomic E-state index is 5.03. The Morgan fingerprint density at radius 2 is 1.21 bits per heavy atom. The number of nitrogens with zero attached hydrogens (tertiary/aromatic N) is 3. The van der Waals surface area contributed by atoms with Crippen molar-refractivity contribution in [1.29, 1.82) is 0 Å². The molecular weight excluding hydrogens is 545 g/mol. The van der Waals surface area contributed by atoms with E-state index in [1.807, 2.05) is 0 Å². The number of para-hydroxylation sites is 6. The molecule has 0 bridgehead atoms. The van der Waals surface area contributed by atoms with E-state index < -0.39 is 0 Å². The predicted octanol–water partition coefficient (Wildman–Crippen LogP) is 11.6. The van der Waals surface area contributed by atoms with Crippen LogP contribution in [0, 0.1) is 0 Å². The Balaban J connectivity index is 1.32. The van der Waals surface area contributed by atoms with Gasteiger partial charge in [0.25, 0.3) is 0 Å². The van der Waals surface area contributed by atoms with Crippen molar-refractivity contribution in [2.75, 3.05) is 21.7 Å². The third kappa shape index (κ3) is 5.37. The molecule has 5 heteroatoms. The van der Waals surface area contributed by atoms with E-state index in [1.165, 1.54) is 30.4 Å². The van der Waals surface area contributed by atoms with Crippen LogP contribution >= 0.6 is 11.3 Å². The number of anilines is 7. The molecule has 0 unspecified atom stereocenters. The van der Waals surface area contributed by atoms with E-state index in [4.69, 9.17) is 4.98 Å². The van der Waals surface area contributed by atoms with Gasteiger partial charge in [0.2, 0.25) is 0 Å². The van der Waals surface area contributed by atoms with E-state index in [1.54, 1.807) is 11.3 Å². The van der Waals surface area contributed by atoms with Gasteiger partial charge in [0, 0.05) is 29.2 Å². The van der Waals surface area contributed by atoms with Crippen LogP contribution in [0.3, 0.4) is 0 Å². The van der Waals surface area contributed by atoms with Crippen molar-refractivity contribution in [3.05, 3.63) is 121 Å². The monoisotopic (exact) mass is 580 g/mol. The topological polar surface area (TPSA) is 31.4 Å². The fraction of sp³-hybridized carbons (Fsp3) is 0.184. The summed E-state index contributed by atoms with van der Waals surface area (Å²) >= 11 is 1.76. The van der Waals surface area contributed by atoms with Gasteiger partial charge in [-0.05, 0) is 73.2 Å². The van der Waals surface area contributed by atoms with Gasteiger partial charge in [-0.2, -0.15) is 0 Å². The van der Waals surface area contributed by atoms with Crippen LogP contribution in [-0.2, 0) is 0 Å². The van der Waals surface area contributed by atoms with Crippen LogP contribution in [0.4, 0.5) is 39.8 Å². The van der Waals surface area contributed by atoms with E-state index >= 15 is 0 Å². The van der Waals surface area contributed by atoms with Gasteiger partial charge in [-0.25, -0.2) is 4.98 Å². The lowest BCUT2D eigenvalue weighted by Gasteiger charge is -2.40. The second-order valence-corrected chi connectivity index (χ2v) is 12.1. The summed E-state index contributed by atoms with van der Waals surface area (Å²) in [7, 11) is 0. The molecule has 1 aliphatic rings. The van der Waals surface area contributed by atoms with Crippen LogP contribution in [0.1, 0.15) is 39.0 Å².